The number of likely N-dealkylation sites (tertiary alicyclic amines) is 2. The zero-order chi connectivity index (χ0) is 22.2. The molecule has 0 unspecified atom stereocenters. The molecule has 3 aliphatic rings. The van der Waals surface area contributed by atoms with E-state index in [1.807, 2.05) is 43.3 Å². The van der Waals surface area contributed by atoms with Gasteiger partial charge in [0.25, 0.3) is 0 Å². The number of benzene rings is 1. The number of fused-ring (bicyclic) bond motifs is 2. The van der Waals surface area contributed by atoms with Gasteiger partial charge in [0.1, 0.15) is 5.75 Å². The van der Waals surface area contributed by atoms with Crippen LogP contribution < -0.4 is 10.1 Å². The zero-order valence-electron chi connectivity index (χ0n) is 19.3. The Balaban J connectivity index is 1.44. The standard InChI is InChI=1S/C24H36N4O3/c1-5-27-16-20-23(9-10-24(20,17-27)21(29)26(2)3)11-13-28(14-12-23)22(30)25-18-7-6-8-19(15-18)31-4/h6-8,15,20H,5,9-14,16-17H2,1-4H3,(H,25,30)/t20-,24+/m1/s1. The molecule has 2 heterocycles. The molecule has 0 bridgehead atoms. The van der Waals surface area contributed by atoms with E-state index in [-0.39, 0.29) is 16.9 Å². The van der Waals surface area contributed by atoms with Gasteiger partial charge in [-0.2, -0.15) is 0 Å². The van der Waals surface area contributed by atoms with E-state index in [0.29, 0.717) is 11.8 Å². The van der Waals surface area contributed by atoms with Crippen molar-refractivity contribution in [1.29, 1.82) is 0 Å². The first-order valence-electron chi connectivity index (χ1n) is 11.5. The van der Waals surface area contributed by atoms with Crippen molar-refractivity contribution in [2.75, 3.05) is 59.2 Å². The van der Waals surface area contributed by atoms with E-state index in [2.05, 4.69) is 17.1 Å². The van der Waals surface area contributed by atoms with Crippen LogP contribution in [0.1, 0.15) is 32.6 Å². The Morgan fingerprint density at radius 3 is 2.58 bits per heavy atom. The Morgan fingerprint density at radius 2 is 1.94 bits per heavy atom. The molecule has 7 heteroatoms. The number of carbonyl (C=O) groups excluding carboxylic acids is 2. The average molecular weight is 429 g/mol. The van der Waals surface area contributed by atoms with Gasteiger partial charge in [0.05, 0.1) is 12.5 Å². The highest BCUT2D eigenvalue weighted by atomic mass is 16.5. The molecule has 1 N–H and O–H groups in total. The second kappa shape index (κ2) is 8.34. The van der Waals surface area contributed by atoms with Crippen LogP contribution in [0.5, 0.6) is 5.75 Å². The van der Waals surface area contributed by atoms with Gasteiger partial charge in [-0.25, -0.2) is 4.79 Å². The molecule has 1 aromatic carbocycles. The molecule has 1 saturated carbocycles. The van der Waals surface area contributed by atoms with Crippen LogP contribution in [0.3, 0.4) is 0 Å². The number of hydrogen-bond acceptors (Lipinski definition) is 4. The van der Waals surface area contributed by atoms with E-state index in [1.54, 1.807) is 12.0 Å². The van der Waals surface area contributed by atoms with Crippen LogP contribution in [-0.2, 0) is 4.79 Å². The van der Waals surface area contributed by atoms with Gasteiger partial charge >= 0.3 is 6.03 Å². The normalized spacial score (nSPS) is 27.2. The number of methoxy groups -OCH3 is 1. The number of ether oxygens (including phenoxy) is 1. The number of urea groups is 1. The minimum Gasteiger partial charge on any atom is -0.497 e. The van der Waals surface area contributed by atoms with E-state index in [9.17, 15) is 9.59 Å². The average Bonchev–Trinajstić information content (AvgIpc) is 3.30. The van der Waals surface area contributed by atoms with E-state index < -0.39 is 0 Å². The van der Waals surface area contributed by atoms with Crippen molar-refractivity contribution in [3.05, 3.63) is 24.3 Å². The van der Waals surface area contributed by atoms with Crippen LogP contribution in [0.4, 0.5) is 10.5 Å². The first-order valence-corrected chi connectivity index (χ1v) is 11.5. The van der Waals surface area contributed by atoms with Crippen molar-refractivity contribution in [2.24, 2.45) is 16.7 Å². The number of rotatable bonds is 4. The van der Waals surface area contributed by atoms with E-state index in [0.717, 1.165) is 69.8 Å². The summed E-state index contributed by atoms with van der Waals surface area (Å²) in [5.74, 6) is 1.41. The molecular weight excluding hydrogens is 392 g/mol. The minimum absolute atomic E-state index is 0.0571. The van der Waals surface area contributed by atoms with Gasteiger partial charge in [-0.15, -0.1) is 0 Å². The Morgan fingerprint density at radius 1 is 1.19 bits per heavy atom. The lowest BCUT2D eigenvalue weighted by Gasteiger charge is -2.44. The smallest absolute Gasteiger partial charge is 0.321 e. The summed E-state index contributed by atoms with van der Waals surface area (Å²) in [6.45, 7) is 6.55. The lowest BCUT2D eigenvalue weighted by molar-refractivity contribution is -0.141. The number of anilines is 1. The summed E-state index contributed by atoms with van der Waals surface area (Å²) in [4.78, 5) is 32.3. The van der Waals surface area contributed by atoms with Crippen LogP contribution >= 0.6 is 0 Å². The predicted molar refractivity (Wildman–Crippen MR) is 121 cm³/mol. The second-order valence-corrected chi connectivity index (χ2v) is 9.75. The lowest BCUT2D eigenvalue weighted by Crippen LogP contribution is -2.50. The molecule has 3 amide bonds. The van der Waals surface area contributed by atoms with Gasteiger partial charge in [0.2, 0.25) is 5.91 Å². The van der Waals surface area contributed by atoms with Crippen LogP contribution in [0, 0.1) is 16.7 Å². The predicted octanol–water partition coefficient (Wildman–Crippen LogP) is 3.13. The van der Waals surface area contributed by atoms with E-state index in [1.165, 1.54) is 0 Å². The Hall–Kier alpha value is -2.28. The third-order valence-corrected chi connectivity index (χ3v) is 8.07. The highest BCUT2D eigenvalue weighted by Crippen LogP contribution is 2.62. The van der Waals surface area contributed by atoms with Crippen molar-refractivity contribution in [1.82, 2.24) is 14.7 Å². The minimum atomic E-state index is -0.246. The van der Waals surface area contributed by atoms with Gasteiger partial charge in [-0.1, -0.05) is 13.0 Å². The number of carbonyl (C=O) groups is 2. The molecule has 0 radical (unpaired) electrons. The third-order valence-electron chi connectivity index (χ3n) is 8.07. The molecule has 2 saturated heterocycles. The first kappa shape index (κ1) is 21.9. The SMILES string of the molecule is CCN1C[C@@H]2C3(CCN(C(=O)Nc4cccc(OC)c4)CC3)CC[C@]2(C(=O)N(C)C)C1. The molecule has 1 aliphatic carbocycles. The summed E-state index contributed by atoms with van der Waals surface area (Å²) in [6, 6.07) is 7.39. The molecule has 0 aromatic heterocycles. The number of piperidine rings is 1. The molecule has 2 aliphatic heterocycles. The van der Waals surface area contributed by atoms with E-state index in [4.69, 9.17) is 4.74 Å². The van der Waals surface area contributed by atoms with Crippen molar-refractivity contribution in [2.45, 2.75) is 32.6 Å². The summed E-state index contributed by atoms with van der Waals surface area (Å²) < 4.78 is 5.25. The lowest BCUT2D eigenvalue weighted by atomic mass is 9.65. The summed E-state index contributed by atoms with van der Waals surface area (Å²) in [5, 5.41) is 3.01. The highest BCUT2D eigenvalue weighted by molar-refractivity contribution is 5.89. The van der Waals surface area contributed by atoms with Crippen LogP contribution in [0.2, 0.25) is 0 Å². The fourth-order valence-corrected chi connectivity index (χ4v) is 6.35. The molecule has 3 fully saturated rings. The summed E-state index contributed by atoms with van der Waals surface area (Å²) >= 11 is 0. The maximum absolute atomic E-state index is 13.3. The molecular formula is C24H36N4O3. The second-order valence-electron chi connectivity index (χ2n) is 9.75. The van der Waals surface area contributed by atoms with Gasteiger partial charge in [-0.05, 0) is 55.7 Å². The van der Waals surface area contributed by atoms with Crippen LogP contribution in [-0.4, -0.2) is 80.6 Å². The molecule has 1 spiro atoms. The highest BCUT2D eigenvalue weighted by Gasteiger charge is 2.64. The van der Waals surface area contributed by atoms with Crippen molar-refractivity contribution in [3.63, 3.8) is 0 Å². The maximum Gasteiger partial charge on any atom is 0.321 e. The van der Waals surface area contributed by atoms with Crippen molar-refractivity contribution >= 4 is 17.6 Å². The van der Waals surface area contributed by atoms with Crippen LogP contribution in [0.25, 0.3) is 0 Å². The summed E-state index contributed by atoms with van der Waals surface area (Å²) in [6.07, 6.45) is 4.02. The maximum atomic E-state index is 13.3. The summed E-state index contributed by atoms with van der Waals surface area (Å²) in [7, 11) is 5.40. The molecule has 1 aromatic rings. The fraction of sp³-hybridized carbons (Fsp3) is 0.667. The van der Waals surface area contributed by atoms with Crippen molar-refractivity contribution in [3.8, 4) is 5.75 Å². The molecule has 31 heavy (non-hydrogen) atoms. The number of nitrogens with zero attached hydrogens (tertiary/aromatic N) is 3. The van der Waals surface area contributed by atoms with Crippen molar-refractivity contribution < 1.29 is 14.3 Å². The van der Waals surface area contributed by atoms with Gasteiger partial charge < -0.3 is 24.8 Å². The monoisotopic (exact) mass is 428 g/mol. The van der Waals surface area contributed by atoms with E-state index >= 15 is 0 Å². The largest absolute Gasteiger partial charge is 0.497 e. The zero-order valence-corrected chi connectivity index (χ0v) is 19.3. The molecule has 7 nitrogen and oxygen atoms in total. The topological polar surface area (TPSA) is 65.1 Å². The van der Waals surface area contributed by atoms with Gasteiger partial charge in [0, 0.05) is 52.0 Å². The number of nitrogens with one attached hydrogen (secondary N) is 1. The fourth-order valence-electron chi connectivity index (χ4n) is 6.35. The Labute approximate surface area is 185 Å². The summed E-state index contributed by atoms with van der Waals surface area (Å²) in [5.41, 5.74) is 0.669. The molecule has 170 valence electrons. The van der Waals surface area contributed by atoms with Gasteiger partial charge in [0.15, 0.2) is 0 Å². The quantitative estimate of drug-likeness (QED) is 0.800. The Bertz CT molecular complexity index is 834. The number of amides is 3. The van der Waals surface area contributed by atoms with Gasteiger partial charge in [-0.3, -0.25) is 4.79 Å². The number of hydrogen-bond donors (Lipinski definition) is 1. The third kappa shape index (κ3) is 3.77. The first-order chi connectivity index (χ1) is 14.8. The van der Waals surface area contributed by atoms with Crippen LogP contribution in [0.15, 0.2) is 24.3 Å². The Kier molecular flexibility index (Phi) is 5.90. The molecule has 2 atom stereocenters. The molecule has 4 rings (SSSR count).